The molecule has 1 aromatic heterocycles. The lowest BCUT2D eigenvalue weighted by atomic mass is 10.1. The van der Waals surface area contributed by atoms with Gasteiger partial charge in [0.15, 0.2) is 0 Å². The van der Waals surface area contributed by atoms with Crippen molar-refractivity contribution in [3.05, 3.63) is 10.0 Å². The molecule has 0 N–H and O–H groups in total. The van der Waals surface area contributed by atoms with Gasteiger partial charge in [0.2, 0.25) is 0 Å². The first-order valence-corrected chi connectivity index (χ1v) is 5.29. The number of nitrogens with zero attached hydrogens (tertiary/aromatic N) is 2. The number of hydrogen-bond donors (Lipinski definition) is 0. The smallest absolute Gasteiger partial charge is 0.117 e. The van der Waals surface area contributed by atoms with Gasteiger partial charge in [0.05, 0.1) is 0 Å². The molecule has 0 radical (unpaired) electrons. The van der Waals surface area contributed by atoms with Crippen LogP contribution in [0.1, 0.15) is 37.7 Å². The summed E-state index contributed by atoms with van der Waals surface area (Å²) in [6.45, 7) is 10.4. The lowest BCUT2D eigenvalue weighted by molar-refractivity contribution is 0.639. The minimum absolute atomic E-state index is 0.687. The van der Waals surface area contributed by atoms with Crippen LogP contribution >= 0.6 is 11.3 Å². The molecule has 0 aliphatic heterocycles. The maximum absolute atomic E-state index is 4.02. The summed E-state index contributed by atoms with van der Waals surface area (Å²) in [6, 6.07) is 0. The van der Waals surface area contributed by atoms with Gasteiger partial charge in [0.1, 0.15) is 10.0 Å². The van der Waals surface area contributed by atoms with Gasteiger partial charge >= 0.3 is 0 Å². The summed E-state index contributed by atoms with van der Waals surface area (Å²) in [6.07, 6.45) is 1.06. The molecule has 0 aliphatic carbocycles. The van der Waals surface area contributed by atoms with Crippen LogP contribution in [-0.2, 0) is 6.42 Å². The summed E-state index contributed by atoms with van der Waals surface area (Å²) < 4.78 is 0. The van der Waals surface area contributed by atoms with Gasteiger partial charge in [-0.3, -0.25) is 0 Å². The molecule has 1 aromatic rings. The number of rotatable bonds is 2. The molecule has 0 bridgehead atoms. The molecule has 1 heterocycles. The minimum Gasteiger partial charge on any atom is -0.144 e. The third kappa shape index (κ3) is 4.44. The molecule has 0 aliphatic rings. The van der Waals surface area contributed by atoms with E-state index in [1.54, 1.807) is 11.3 Å². The number of aromatic nitrogens is 2. The van der Waals surface area contributed by atoms with Crippen LogP contribution in [0, 0.1) is 12.8 Å². The van der Waals surface area contributed by atoms with Gasteiger partial charge in [-0.1, -0.05) is 27.7 Å². The van der Waals surface area contributed by atoms with Crippen LogP contribution in [0.2, 0.25) is 0 Å². The molecule has 3 heteroatoms. The minimum atomic E-state index is 0.687. The first kappa shape index (κ1) is 11.6. The Balaban J connectivity index is 0.000000561. The van der Waals surface area contributed by atoms with Gasteiger partial charge in [-0.2, -0.15) is 0 Å². The second-order valence-corrected chi connectivity index (χ2v) is 4.08. The molecule has 2 nitrogen and oxygen atoms in total. The SMILES string of the molecule is CC.Cc1nnc(CC(C)C)s1. The fourth-order valence-electron chi connectivity index (χ4n) is 0.769. The highest BCUT2D eigenvalue weighted by Crippen LogP contribution is 2.12. The second-order valence-electron chi connectivity index (χ2n) is 2.81. The van der Waals surface area contributed by atoms with Crippen molar-refractivity contribution in [1.29, 1.82) is 0 Å². The summed E-state index contributed by atoms with van der Waals surface area (Å²) in [4.78, 5) is 0. The van der Waals surface area contributed by atoms with E-state index in [-0.39, 0.29) is 0 Å². The molecule has 0 amide bonds. The molecule has 0 spiro atoms. The van der Waals surface area contributed by atoms with Gasteiger partial charge in [-0.25, -0.2) is 0 Å². The van der Waals surface area contributed by atoms with Crippen molar-refractivity contribution in [2.75, 3.05) is 0 Å². The first-order valence-electron chi connectivity index (χ1n) is 4.47. The molecule has 70 valence electrons. The van der Waals surface area contributed by atoms with Gasteiger partial charge in [-0.15, -0.1) is 21.5 Å². The molecule has 0 saturated heterocycles. The van der Waals surface area contributed by atoms with E-state index in [2.05, 4.69) is 24.0 Å². The van der Waals surface area contributed by atoms with Crippen LogP contribution in [0.15, 0.2) is 0 Å². The fourth-order valence-corrected chi connectivity index (χ4v) is 1.69. The van der Waals surface area contributed by atoms with Crippen molar-refractivity contribution in [3.63, 3.8) is 0 Å². The first-order chi connectivity index (χ1) is 5.68. The topological polar surface area (TPSA) is 25.8 Å². The van der Waals surface area contributed by atoms with Gasteiger partial charge in [-0.05, 0) is 12.8 Å². The lowest BCUT2D eigenvalue weighted by Gasteiger charge is -1.96. The number of aryl methyl sites for hydroxylation is 1. The van der Waals surface area contributed by atoms with E-state index in [9.17, 15) is 0 Å². The average Bonchev–Trinajstić information content (AvgIpc) is 2.39. The van der Waals surface area contributed by atoms with E-state index in [1.165, 1.54) is 0 Å². The Hall–Kier alpha value is -0.440. The highest BCUT2D eigenvalue weighted by Gasteiger charge is 2.01. The van der Waals surface area contributed by atoms with Gasteiger partial charge < -0.3 is 0 Å². The standard InChI is InChI=1S/C7H12N2S.C2H6/c1-5(2)4-7-9-8-6(3)10-7;1-2/h5H,4H2,1-3H3;1-2H3. The van der Waals surface area contributed by atoms with Crippen LogP contribution in [-0.4, -0.2) is 10.2 Å². The normalized spacial score (nSPS) is 9.50. The maximum Gasteiger partial charge on any atom is 0.117 e. The Labute approximate surface area is 79.0 Å². The predicted octanol–water partition coefficient (Wildman–Crippen LogP) is 3.07. The Morgan fingerprint density at radius 2 is 1.83 bits per heavy atom. The zero-order valence-electron chi connectivity index (χ0n) is 8.59. The van der Waals surface area contributed by atoms with Crippen molar-refractivity contribution >= 4 is 11.3 Å². The molecule has 1 rings (SSSR count). The molecule has 0 saturated carbocycles. The predicted molar refractivity (Wildman–Crippen MR) is 54.5 cm³/mol. The Morgan fingerprint density at radius 1 is 1.25 bits per heavy atom. The average molecular weight is 186 g/mol. The summed E-state index contributed by atoms with van der Waals surface area (Å²) in [7, 11) is 0. The van der Waals surface area contributed by atoms with Gasteiger partial charge in [0.25, 0.3) is 0 Å². The van der Waals surface area contributed by atoms with E-state index < -0.39 is 0 Å². The summed E-state index contributed by atoms with van der Waals surface area (Å²) in [5, 5.41) is 10.2. The lowest BCUT2D eigenvalue weighted by Crippen LogP contribution is -1.92. The highest BCUT2D eigenvalue weighted by molar-refractivity contribution is 7.11. The van der Waals surface area contributed by atoms with Crippen molar-refractivity contribution in [2.45, 2.75) is 41.0 Å². The molecular formula is C9H18N2S. The van der Waals surface area contributed by atoms with E-state index >= 15 is 0 Å². The van der Waals surface area contributed by atoms with Crippen LogP contribution in [0.3, 0.4) is 0 Å². The van der Waals surface area contributed by atoms with Crippen molar-refractivity contribution in [2.24, 2.45) is 5.92 Å². The Kier molecular flexibility index (Phi) is 5.89. The van der Waals surface area contributed by atoms with Gasteiger partial charge in [0, 0.05) is 6.42 Å². The van der Waals surface area contributed by atoms with Crippen LogP contribution in [0.5, 0.6) is 0 Å². The zero-order valence-corrected chi connectivity index (χ0v) is 9.40. The molecule has 0 aromatic carbocycles. The van der Waals surface area contributed by atoms with Crippen molar-refractivity contribution < 1.29 is 0 Å². The quantitative estimate of drug-likeness (QED) is 0.709. The second kappa shape index (κ2) is 6.12. The van der Waals surface area contributed by atoms with E-state index in [1.807, 2.05) is 20.8 Å². The molecular weight excluding hydrogens is 168 g/mol. The summed E-state index contributed by atoms with van der Waals surface area (Å²) >= 11 is 1.69. The van der Waals surface area contributed by atoms with Crippen LogP contribution in [0.25, 0.3) is 0 Å². The highest BCUT2D eigenvalue weighted by atomic mass is 32.1. The van der Waals surface area contributed by atoms with E-state index in [4.69, 9.17) is 0 Å². The largest absolute Gasteiger partial charge is 0.144 e. The third-order valence-corrected chi connectivity index (χ3v) is 2.01. The Morgan fingerprint density at radius 3 is 2.17 bits per heavy atom. The van der Waals surface area contributed by atoms with E-state index in [0.29, 0.717) is 5.92 Å². The fraction of sp³-hybridized carbons (Fsp3) is 0.778. The monoisotopic (exact) mass is 186 g/mol. The van der Waals surface area contributed by atoms with Crippen LogP contribution in [0.4, 0.5) is 0 Å². The Bertz CT molecular complexity index is 206. The van der Waals surface area contributed by atoms with Crippen molar-refractivity contribution in [1.82, 2.24) is 10.2 Å². The third-order valence-electron chi connectivity index (χ3n) is 1.15. The summed E-state index contributed by atoms with van der Waals surface area (Å²) in [5.74, 6) is 0.687. The summed E-state index contributed by atoms with van der Waals surface area (Å²) in [5.41, 5.74) is 0. The maximum atomic E-state index is 4.02. The molecule has 0 fully saturated rings. The number of hydrogen-bond acceptors (Lipinski definition) is 3. The van der Waals surface area contributed by atoms with E-state index in [0.717, 1.165) is 16.4 Å². The molecule has 0 unspecified atom stereocenters. The van der Waals surface area contributed by atoms with Crippen LogP contribution < -0.4 is 0 Å². The van der Waals surface area contributed by atoms with Crippen molar-refractivity contribution in [3.8, 4) is 0 Å². The zero-order chi connectivity index (χ0) is 9.56. The molecule has 0 atom stereocenters. The molecule has 12 heavy (non-hydrogen) atoms.